The Balaban J connectivity index is 1.86. The Morgan fingerprint density at radius 3 is 2.40 bits per heavy atom. The molecule has 2 aromatic rings. The largest absolute Gasteiger partial charge is 0.402 e. The minimum Gasteiger partial charge on any atom is -0.402 e. The summed E-state index contributed by atoms with van der Waals surface area (Å²) in [6, 6.07) is 15.2. The third kappa shape index (κ3) is 3.74. The first-order valence-electron chi connectivity index (χ1n) is 8.24. The lowest BCUT2D eigenvalue weighted by atomic mass is 10.1. The van der Waals surface area contributed by atoms with Crippen molar-refractivity contribution in [3.63, 3.8) is 0 Å². The summed E-state index contributed by atoms with van der Waals surface area (Å²) in [6.45, 7) is 6.15. The van der Waals surface area contributed by atoms with E-state index >= 15 is 0 Å². The molecule has 1 aliphatic rings. The molecule has 0 fully saturated rings. The highest BCUT2D eigenvalue weighted by molar-refractivity contribution is 6.34. The van der Waals surface area contributed by atoms with Crippen molar-refractivity contribution >= 4 is 35.2 Å². The SMILES string of the molecule is CCN(CC)c1ccc(C=C2N=C(c3ccccc3Cl)OC2=O)cc1. The number of carbonyl (C=O) groups excluding carboxylic acids is 1. The molecule has 128 valence electrons. The number of anilines is 1. The van der Waals surface area contributed by atoms with Crippen LogP contribution >= 0.6 is 11.6 Å². The Morgan fingerprint density at radius 2 is 1.76 bits per heavy atom. The van der Waals surface area contributed by atoms with Crippen molar-refractivity contribution < 1.29 is 9.53 Å². The van der Waals surface area contributed by atoms with Crippen LogP contribution in [0.5, 0.6) is 0 Å². The molecule has 0 saturated heterocycles. The van der Waals surface area contributed by atoms with Crippen molar-refractivity contribution in [2.75, 3.05) is 18.0 Å². The lowest BCUT2D eigenvalue weighted by molar-refractivity contribution is -0.129. The van der Waals surface area contributed by atoms with Gasteiger partial charge in [-0.1, -0.05) is 35.9 Å². The van der Waals surface area contributed by atoms with Crippen LogP contribution in [0, 0.1) is 0 Å². The fraction of sp³-hybridized carbons (Fsp3) is 0.200. The van der Waals surface area contributed by atoms with E-state index < -0.39 is 5.97 Å². The molecule has 2 aromatic carbocycles. The first-order chi connectivity index (χ1) is 12.1. The maximum absolute atomic E-state index is 12.1. The predicted molar refractivity (Wildman–Crippen MR) is 102 cm³/mol. The zero-order chi connectivity index (χ0) is 17.8. The molecule has 0 aromatic heterocycles. The van der Waals surface area contributed by atoms with Gasteiger partial charge in [0.25, 0.3) is 0 Å². The van der Waals surface area contributed by atoms with Crippen LogP contribution in [0.25, 0.3) is 6.08 Å². The van der Waals surface area contributed by atoms with Crippen LogP contribution in [-0.2, 0) is 9.53 Å². The first-order valence-corrected chi connectivity index (χ1v) is 8.62. The molecule has 0 N–H and O–H groups in total. The summed E-state index contributed by atoms with van der Waals surface area (Å²) in [7, 11) is 0. The van der Waals surface area contributed by atoms with E-state index in [0.717, 1.165) is 24.3 Å². The van der Waals surface area contributed by atoms with E-state index in [4.69, 9.17) is 16.3 Å². The fourth-order valence-electron chi connectivity index (χ4n) is 2.69. The number of benzene rings is 2. The van der Waals surface area contributed by atoms with E-state index in [1.54, 1.807) is 18.2 Å². The molecule has 5 heteroatoms. The highest BCUT2D eigenvalue weighted by Gasteiger charge is 2.25. The minimum atomic E-state index is -0.470. The topological polar surface area (TPSA) is 41.9 Å². The molecule has 0 aliphatic carbocycles. The van der Waals surface area contributed by atoms with Crippen LogP contribution in [0.4, 0.5) is 5.69 Å². The summed E-state index contributed by atoms with van der Waals surface area (Å²) in [5, 5.41) is 0.499. The summed E-state index contributed by atoms with van der Waals surface area (Å²) < 4.78 is 5.26. The summed E-state index contributed by atoms with van der Waals surface area (Å²) in [6.07, 6.45) is 1.72. The average molecular weight is 355 g/mol. The van der Waals surface area contributed by atoms with Gasteiger partial charge in [-0.05, 0) is 49.8 Å². The Labute approximate surface area is 152 Å². The van der Waals surface area contributed by atoms with Crippen LogP contribution in [0.3, 0.4) is 0 Å². The zero-order valence-corrected chi connectivity index (χ0v) is 15.0. The second kappa shape index (κ2) is 7.53. The molecular formula is C20H19ClN2O2. The third-order valence-corrected chi connectivity index (χ3v) is 4.38. The molecule has 3 rings (SSSR count). The van der Waals surface area contributed by atoms with Crippen LogP contribution < -0.4 is 4.90 Å². The predicted octanol–water partition coefficient (Wildman–Crippen LogP) is 4.53. The number of hydrogen-bond acceptors (Lipinski definition) is 4. The molecule has 0 atom stereocenters. The van der Waals surface area contributed by atoms with Gasteiger partial charge >= 0.3 is 5.97 Å². The van der Waals surface area contributed by atoms with Gasteiger partial charge in [-0.25, -0.2) is 9.79 Å². The second-order valence-electron chi connectivity index (χ2n) is 5.58. The molecule has 1 aliphatic heterocycles. The van der Waals surface area contributed by atoms with Crippen molar-refractivity contribution in [1.82, 2.24) is 0 Å². The van der Waals surface area contributed by atoms with Gasteiger partial charge in [0.05, 0.1) is 10.6 Å². The molecule has 0 amide bonds. The van der Waals surface area contributed by atoms with E-state index in [9.17, 15) is 4.79 Å². The number of halogens is 1. The summed E-state index contributed by atoms with van der Waals surface area (Å²) in [5.74, 6) is -0.232. The van der Waals surface area contributed by atoms with E-state index in [1.807, 2.05) is 36.4 Å². The molecule has 0 spiro atoms. The molecule has 1 heterocycles. The number of nitrogens with zero attached hydrogens (tertiary/aromatic N) is 2. The van der Waals surface area contributed by atoms with E-state index in [0.29, 0.717) is 10.6 Å². The zero-order valence-electron chi connectivity index (χ0n) is 14.2. The van der Waals surface area contributed by atoms with Crippen LogP contribution in [-0.4, -0.2) is 25.0 Å². The Bertz CT molecular complexity index is 837. The second-order valence-corrected chi connectivity index (χ2v) is 5.99. The third-order valence-electron chi connectivity index (χ3n) is 4.05. The Morgan fingerprint density at radius 1 is 1.08 bits per heavy atom. The molecule has 0 radical (unpaired) electrons. The van der Waals surface area contributed by atoms with Gasteiger partial charge < -0.3 is 9.64 Å². The van der Waals surface area contributed by atoms with E-state index in [-0.39, 0.29) is 11.6 Å². The highest BCUT2D eigenvalue weighted by atomic mass is 35.5. The van der Waals surface area contributed by atoms with Gasteiger partial charge in [0.15, 0.2) is 5.70 Å². The van der Waals surface area contributed by atoms with Gasteiger partial charge in [-0.3, -0.25) is 0 Å². The van der Waals surface area contributed by atoms with E-state index in [1.165, 1.54) is 0 Å². The van der Waals surface area contributed by atoms with Crippen molar-refractivity contribution in [1.29, 1.82) is 0 Å². The van der Waals surface area contributed by atoms with Crippen molar-refractivity contribution in [3.05, 3.63) is 70.4 Å². The summed E-state index contributed by atoms with van der Waals surface area (Å²) in [5.41, 5.74) is 2.93. The molecule has 0 bridgehead atoms. The first kappa shape index (κ1) is 17.2. The number of rotatable bonds is 5. The lowest BCUT2D eigenvalue weighted by Gasteiger charge is -2.20. The number of ether oxygens (including phenoxy) is 1. The highest BCUT2D eigenvalue weighted by Crippen LogP contribution is 2.24. The molecule has 0 saturated carbocycles. The number of esters is 1. The van der Waals surface area contributed by atoms with Crippen LogP contribution in [0.1, 0.15) is 25.0 Å². The lowest BCUT2D eigenvalue weighted by Crippen LogP contribution is -2.21. The normalized spacial score (nSPS) is 15.2. The molecule has 4 nitrogen and oxygen atoms in total. The average Bonchev–Trinajstić information content (AvgIpc) is 2.98. The maximum atomic E-state index is 12.1. The van der Waals surface area contributed by atoms with Gasteiger partial charge in [0, 0.05) is 18.8 Å². The Kier molecular flexibility index (Phi) is 5.19. The molecular weight excluding hydrogens is 336 g/mol. The minimum absolute atomic E-state index is 0.238. The van der Waals surface area contributed by atoms with Crippen molar-refractivity contribution in [2.24, 2.45) is 4.99 Å². The summed E-state index contributed by atoms with van der Waals surface area (Å²) in [4.78, 5) is 18.6. The van der Waals surface area contributed by atoms with Gasteiger partial charge in [0.1, 0.15) is 0 Å². The molecule has 25 heavy (non-hydrogen) atoms. The quantitative estimate of drug-likeness (QED) is 0.585. The van der Waals surface area contributed by atoms with Crippen molar-refractivity contribution in [2.45, 2.75) is 13.8 Å². The van der Waals surface area contributed by atoms with E-state index in [2.05, 4.69) is 23.7 Å². The summed E-state index contributed by atoms with van der Waals surface area (Å²) >= 11 is 6.14. The number of hydrogen-bond donors (Lipinski definition) is 0. The number of aliphatic imine (C=N–C) groups is 1. The maximum Gasteiger partial charge on any atom is 0.363 e. The number of cyclic esters (lactones) is 1. The van der Waals surface area contributed by atoms with Gasteiger partial charge in [0.2, 0.25) is 5.90 Å². The fourth-order valence-corrected chi connectivity index (χ4v) is 2.90. The monoisotopic (exact) mass is 354 g/mol. The Hall–Kier alpha value is -2.59. The standard InChI is InChI=1S/C20H19ClN2O2/c1-3-23(4-2)15-11-9-14(10-12-15)13-18-20(24)25-19(22-18)16-7-5-6-8-17(16)21/h5-13H,3-4H2,1-2H3. The van der Waals surface area contributed by atoms with Crippen molar-refractivity contribution in [3.8, 4) is 0 Å². The van der Waals surface area contributed by atoms with Crippen LogP contribution in [0.2, 0.25) is 5.02 Å². The number of carbonyl (C=O) groups is 1. The van der Waals surface area contributed by atoms with Gasteiger partial charge in [-0.15, -0.1) is 0 Å². The van der Waals surface area contributed by atoms with Gasteiger partial charge in [-0.2, -0.15) is 0 Å². The smallest absolute Gasteiger partial charge is 0.363 e. The van der Waals surface area contributed by atoms with Crippen LogP contribution in [0.15, 0.2) is 59.2 Å². The molecule has 0 unspecified atom stereocenters.